The third-order valence-corrected chi connectivity index (χ3v) is 5.42. The molecule has 174 valence electrons. The van der Waals surface area contributed by atoms with E-state index < -0.39 is 23.3 Å². The normalized spacial score (nSPS) is 10.9. The van der Waals surface area contributed by atoms with Gasteiger partial charge in [0.15, 0.2) is 23.1 Å². The Morgan fingerprint density at radius 2 is 1.03 bits per heavy atom. The first-order valence-electron chi connectivity index (χ1n) is 10.8. The summed E-state index contributed by atoms with van der Waals surface area (Å²) in [5, 5.41) is 0. The number of rotatable bonds is 7. The molecule has 0 amide bonds. The Bertz CT molecular complexity index is 1300. The van der Waals surface area contributed by atoms with Crippen LogP contribution in [0.4, 0.5) is 17.6 Å². The van der Waals surface area contributed by atoms with Crippen LogP contribution in [0.25, 0.3) is 22.3 Å². The molecule has 2 nitrogen and oxygen atoms in total. The first-order valence-corrected chi connectivity index (χ1v) is 10.8. The highest BCUT2D eigenvalue weighted by Crippen LogP contribution is 2.32. The molecule has 4 aromatic carbocycles. The van der Waals surface area contributed by atoms with E-state index in [0.717, 1.165) is 5.56 Å². The van der Waals surface area contributed by atoms with Crippen LogP contribution < -0.4 is 9.47 Å². The van der Waals surface area contributed by atoms with E-state index in [0.29, 0.717) is 16.7 Å². The van der Waals surface area contributed by atoms with Crippen molar-refractivity contribution in [1.82, 2.24) is 0 Å². The van der Waals surface area contributed by atoms with Crippen LogP contribution in [0.1, 0.15) is 18.1 Å². The van der Waals surface area contributed by atoms with Gasteiger partial charge < -0.3 is 9.47 Å². The van der Waals surface area contributed by atoms with E-state index in [2.05, 4.69) is 0 Å². The summed E-state index contributed by atoms with van der Waals surface area (Å²) >= 11 is 0. The van der Waals surface area contributed by atoms with Crippen LogP contribution in [0.15, 0.2) is 72.8 Å². The van der Waals surface area contributed by atoms with E-state index in [1.54, 1.807) is 43.3 Å². The summed E-state index contributed by atoms with van der Waals surface area (Å²) in [6, 6.07) is 19.3. The second-order valence-electron chi connectivity index (χ2n) is 7.76. The van der Waals surface area contributed by atoms with E-state index >= 15 is 0 Å². The van der Waals surface area contributed by atoms with Crippen LogP contribution in [0, 0.1) is 30.2 Å². The van der Waals surface area contributed by atoms with Gasteiger partial charge in [-0.05, 0) is 54.8 Å². The molecule has 0 aliphatic carbocycles. The SMILES string of the molecule is CCOc1ccc(-c2ccc(COc3ccc(-c4ccc(C)cc4)c(F)c3F)cc2)c(F)c1F. The second-order valence-corrected chi connectivity index (χ2v) is 7.76. The molecule has 0 N–H and O–H groups in total. The summed E-state index contributed by atoms with van der Waals surface area (Å²) in [7, 11) is 0. The number of benzene rings is 4. The van der Waals surface area contributed by atoms with Crippen molar-refractivity contribution in [2.24, 2.45) is 0 Å². The van der Waals surface area contributed by atoms with Gasteiger partial charge in [-0.25, -0.2) is 8.78 Å². The lowest BCUT2D eigenvalue weighted by molar-refractivity contribution is 0.285. The molecule has 0 heterocycles. The maximum Gasteiger partial charge on any atom is 0.201 e. The van der Waals surface area contributed by atoms with Crippen molar-refractivity contribution >= 4 is 0 Å². The number of aryl methyl sites for hydroxylation is 1. The Morgan fingerprint density at radius 3 is 1.53 bits per heavy atom. The third-order valence-electron chi connectivity index (χ3n) is 5.42. The summed E-state index contributed by atoms with van der Waals surface area (Å²) in [4.78, 5) is 0. The zero-order chi connectivity index (χ0) is 24.2. The topological polar surface area (TPSA) is 18.5 Å². The summed E-state index contributed by atoms with van der Waals surface area (Å²) in [6.07, 6.45) is 0. The van der Waals surface area contributed by atoms with Gasteiger partial charge in [0.1, 0.15) is 6.61 Å². The summed E-state index contributed by atoms with van der Waals surface area (Å²) in [5.41, 5.74) is 2.95. The zero-order valence-electron chi connectivity index (χ0n) is 18.7. The summed E-state index contributed by atoms with van der Waals surface area (Å²) < 4.78 is 68.4. The molecule has 4 rings (SSSR count). The van der Waals surface area contributed by atoms with Gasteiger partial charge in [0.2, 0.25) is 11.6 Å². The van der Waals surface area contributed by atoms with Crippen molar-refractivity contribution in [2.75, 3.05) is 6.61 Å². The van der Waals surface area contributed by atoms with E-state index in [-0.39, 0.29) is 35.8 Å². The molecule has 0 saturated carbocycles. The lowest BCUT2D eigenvalue weighted by Crippen LogP contribution is -2.01. The minimum absolute atomic E-state index is 0.0271. The number of ether oxygens (including phenoxy) is 2. The molecule has 4 aromatic rings. The van der Waals surface area contributed by atoms with Crippen LogP contribution in [-0.4, -0.2) is 6.61 Å². The lowest BCUT2D eigenvalue weighted by Gasteiger charge is -2.12. The Kier molecular flexibility index (Phi) is 6.87. The third kappa shape index (κ3) is 4.76. The average molecular weight is 466 g/mol. The Labute approximate surface area is 195 Å². The highest BCUT2D eigenvalue weighted by molar-refractivity contribution is 5.66. The largest absolute Gasteiger partial charge is 0.491 e. The average Bonchev–Trinajstić information content (AvgIpc) is 2.84. The predicted octanol–water partition coefficient (Wildman–Crippen LogP) is 7.86. The van der Waals surface area contributed by atoms with Gasteiger partial charge in [0.05, 0.1) is 6.61 Å². The van der Waals surface area contributed by atoms with Gasteiger partial charge in [0, 0.05) is 11.1 Å². The van der Waals surface area contributed by atoms with E-state index in [4.69, 9.17) is 9.47 Å². The smallest absolute Gasteiger partial charge is 0.201 e. The molecule has 0 radical (unpaired) electrons. The minimum atomic E-state index is -1.07. The van der Waals surface area contributed by atoms with Crippen LogP contribution in [0.2, 0.25) is 0 Å². The maximum atomic E-state index is 14.6. The van der Waals surface area contributed by atoms with Crippen molar-refractivity contribution in [3.63, 3.8) is 0 Å². The molecule has 6 heteroatoms. The quantitative estimate of drug-likeness (QED) is 0.258. The first kappa shape index (κ1) is 23.4. The van der Waals surface area contributed by atoms with Crippen molar-refractivity contribution in [3.05, 3.63) is 107 Å². The second kappa shape index (κ2) is 10.00. The van der Waals surface area contributed by atoms with Gasteiger partial charge in [-0.2, -0.15) is 8.78 Å². The van der Waals surface area contributed by atoms with Gasteiger partial charge in [0.25, 0.3) is 0 Å². The monoisotopic (exact) mass is 466 g/mol. The molecular weight excluding hydrogens is 444 g/mol. The molecule has 34 heavy (non-hydrogen) atoms. The van der Waals surface area contributed by atoms with Gasteiger partial charge in [-0.15, -0.1) is 0 Å². The van der Waals surface area contributed by atoms with Gasteiger partial charge in [-0.1, -0.05) is 54.1 Å². The van der Waals surface area contributed by atoms with Crippen molar-refractivity contribution < 1.29 is 27.0 Å². The van der Waals surface area contributed by atoms with Crippen molar-refractivity contribution in [1.29, 1.82) is 0 Å². The zero-order valence-corrected chi connectivity index (χ0v) is 18.7. The first-order chi connectivity index (χ1) is 16.4. The molecule has 0 aliphatic heterocycles. The molecule has 0 atom stereocenters. The molecule has 0 spiro atoms. The molecule has 0 fully saturated rings. The lowest BCUT2D eigenvalue weighted by atomic mass is 10.0. The molecule has 0 aromatic heterocycles. The fourth-order valence-corrected chi connectivity index (χ4v) is 3.56. The van der Waals surface area contributed by atoms with Crippen molar-refractivity contribution in [3.8, 4) is 33.8 Å². The van der Waals surface area contributed by atoms with Crippen LogP contribution in [-0.2, 0) is 6.61 Å². The fraction of sp³-hybridized carbons (Fsp3) is 0.143. The predicted molar refractivity (Wildman–Crippen MR) is 124 cm³/mol. The van der Waals surface area contributed by atoms with Gasteiger partial charge >= 0.3 is 0 Å². The Hall–Kier alpha value is -3.80. The number of hydrogen-bond acceptors (Lipinski definition) is 2. The van der Waals surface area contributed by atoms with Crippen molar-refractivity contribution in [2.45, 2.75) is 20.5 Å². The number of halogens is 4. The summed E-state index contributed by atoms with van der Waals surface area (Å²) in [6.45, 7) is 3.80. The molecule has 0 unspecified atom stereocenters. The van der Waals surface area contributed by atoms with Crippen LogP contribution in [0.5, 0.6) is 11.5 Å². The highest BCUT2D eigenvalue weighted by atomic mass is 19.2. The van der Waals surface area contributed by atoms with Crippen LogP contribution in [0.3, 0.4) is 0 Å². The number of hydrogen-bond donors (Lipinski definition) is 0. The Morgan fingerprint density at radius 1 is 0.559 bits per heavy atom. The standard InChI is InChI=1S/C28H22F4O2/c1-3-33-23-14-12-22(25(29)27(23)31)20-10-6-18(7-11-20)16-34-24-15-13-21(26(30)28(24)32)19-8-4-17(2)5-9-19/h4-15H,3,16H2,1-2H3. The van der Waals surface area contributed by atoms with Crippen LogP contribution >= 0.6 is 0 Å². The van der Waals surface area contributed by atoms with E-state index in [1.165, 1.54) is 24.3 Å². The summed E-state index contributed by atoms with van der Waals surface area (Å²) in [5.74, 6) is -4.45. The van der Waals surface area contributed by atoms with E-state index in [9.17, 15) is 17.6 Å². The molecule has 0 aliphatic rings. The molecular formula is C28H22F4O2. The highest BCUT2D eigenvalue weighted by Gasteiger charge is 2.17. The minimum Gasteiger partial charge on any atom is -0.491 e. The Balaban J connectivity index is 1.48. The maximum absolute atomic E-state index is 14.6. The fourth-order valence-electron chi connectivity index (χ4n) is 3.56. The molecule has 0 saturated heterocycles. The van der Waals surface area contributed by atoms with Gasteiger partial charge in [-0.3, -0.25) is 0 Å². The van der Waals surface area contributed by atoms with E-state index in [1.807, 2.05) is 19.1 Å². The molecule has 0 bridgehead atoms.